The van der Waals surface area contributed by atoms with E-state index in [4.69, 9.17) is 5.11 Å². The van der Waals surface area contributed by atoms with E-state index in [0.29, 0.717) is 19.3 Å². The quantitative estimate of drug-likeness (QED) is 0.815. The predicted octanol–water partition coefficient (Wildman–Crippen LogP) is 1.23. The van der Waals surface area contributed by atoms with Crippen molar-refractivity contribution in [3.8, 4) is 0 Å². The molecule has 1 aromatic heterocycles. The van der Waals surface area contributed by atoms with E-state index in [-0.39, 0.29) is 19.1 Å². The van der Waals surface area contributed by atoms with Gasteiger partial charge in [-0.3, -0.25) is 4.79 Å². The lowest BCUT2D eigenvalue weighted by molar-refractivity contribution is -0.142. The van der Waals surface area contributed by atoms with Crippen molar-refractivity contribution in [1.82, 2.24) is 14.0 Å². The van der Waals surface area contributed by atoms with Gasteiger partial charge in [-0.05, 0) is 19.3 Å². The van der Waals surface area contributed by atoms with Gasteiger partial charge in [-0.1, -0.05) is 6.92 Å². The number of piperidine rings is 1. The minimum Gasteiger partial charge on any atom is -0.481 e. The maximum atomic E-state index is 12.4. The van der Waals surface area contributed by atoms with Gasteiger partial charge in [0, 0.05) is 24.7 Å². The van der Waals surface area contributed by atoms with Crippen molar-refractivity contribution >= 4 is 27.5 Å². The second kappa shape index (κ2) is 6.82. The summed E-state index contributed by atoms with van der Waals surface area (Å²) in [6.07, 6.45) is 2.96. The molecule has 1 fully saturated rings. The minimum absolute atomic E-state index is 0.237. The molecule has 0 aliphatic carbocycles. The molecule has 1 atom stereocenters. The van der Waals surface area contributed by atoms with Gasteiger partial charge in [0.2, 0.25) is 0 Å². The maximum Gasteiger partial charge on any atom is 0.306 e. The standard InChI is InChI=1S/C12H19N3O4S2/c1-2-10(11-13-5-8-20-11)14-21(18,19)15-6-3-9(4-7-15)12(16)17/h5,8-10,14H,2-4,6-7H2,1H3,(H,16,17). The number of carboxylic acids is 1. The molecule has 0 amide bonds. The van der Waals surface area contributed by atoms with Gasteiger partial charge in [0.25, 0.3) is 10.2 Å². The Morgan fingerprint density at radius 1 is 1.57 bits per heavy atom. The Labute approximate surface area is 128 Å². The molecule has 7 nitrogen and oxygen atoms in total. The third-order valence-electron chi connectivity index (χ3n) is 3.59. The summed E-state index contributed by atoms with van der Waals surface area (Å²) in [5.74, 6) is -1.30. The molecule has 1 aliphatic heterocycles. The van der Waals surface area contributed by atoms with Crippen LogP contribution in [0.15, 0.2) is 11.6 Å². The molecule has 118 valence electrons. The average molecular weight is 333 g/mol. The Morgan fingerprint density at radius 3 is 2.71 bits per heavy atom. The van der Waals surface area contributed by atoms with E-state index >= 15 is 0 Å². The molecule has 1 unspecified atom stereocenters. The third kappa shape index (κ3) is 4.00. The summed E-state index contributed by atoms with van der Waals surface area (Å²) in [6.45, 7) is 2.37. The molecule has 1 saturated heterocycles. The molecule has 0 spiro atoms. The molecule has 1 aromatic rings. The zero-order chi connectivity index (χ0) is 15.5. The Bertz CT molecular complexity index is 565. The molecular formula is C12H19N3O4S2. The van der Waals surface area contributed by atoms with Crippen molar-refractivity contribution in [3.05, 3.63) is 16.6 Å². The van der Waals surface area contributed by atoms with Gasteiger partial charge in [0.15, 0.2) is 0 Å². The van der Waals surface area contributed by atoms with Crippen molar-refractivity contribution in [2.45, 2.75) is 32.2 Å². The van der Waals surface area contributed by atoms with E-state index < -0.39 is 22.1 Å². The largest absolute Gasteiger partial charge is 0.481 e. The second-order valence-corrected chi connectivity index (χ2v) is 7.59. The zero-order valence-corrected chi connectivity index (χ0v) is 13.4. The number of aliphatic carboxylic acids is 1. The number of hydrogen-bond acceptors (Lipinski definition) is 5. The molecule has 2 rings (SSSR count). The van der Waals surface area contributed by atoms with E-state index in [9.17, 15) is 13.2 Å². The van der Waals surface area contributed by atoms with Crippen LogP contribution in [-0.4, -0.2) is 41.9 Å². The number of hydrogen-bond donors (Lipinski definition) is 2. The average Bonchev–Trinajstić information content (AvgIpc) is 2.99. The lowest BCUT2D eigenvalue weighted by Crippen LogP contribution is -2.46. The van der Waals surface area contributed by atoms with Crippen LogP contribution < -0.4 is 4.72 Å². The predicted molar refractivity (Wildman–Crippen MR) is 79.1 cm³/mol. The first kappa shape index (κ1) is 16.3. The van der Waals surface area contributed by atoms with E-state index in [2.05, 4.69) is 9.71 Å². The molecular weight excluding hydrogens is 314 g/mol. The molecule has 0 aromatic carbocycles. The van der Waals surface area contributed by atoms with Crippen LogP contribution in [-0.2, 0) is 15.0 Å². The summed E-state index contributed by atoms with van der Waals surface area (Å²) in [5, 5.41) is 11.5. The van der Waals surface area contributed by atoms with Crippen LogP contribution in [0.2, 0.25) is 0 Å². The van der Waals surface area contributed by atoms with Gasteiger partial charge in [0.05, 0.1) is 12.0 Å². The number of nitrogens with one attached hydrogen (secondary N) is 1. The van der Waals surface area contributed by atoms with Gasteiger partial charge in [-0.2, -0.15) is 17.4 Å². The van der Waals surface area contributed by atoms with Crippen molar-refractivity contribution in [2.75, 3.05) is 13.1 Å². The topological polar surface area (TPSA) is 99.6 Å². The van der Waals surface area contributed by atoms with Gasteiger partial charge in [0.1, 0.15) is 5.01 Å². The first-order chi connectivity index (χ1) is 9.94. The van der Waals surface area contributed by atoms with Gasteiger partial charge in [-0.25, -0.2) is 4.98 Å². The molecule has 0 saturated carbocycles. The van der Waals surface area contributed by atoms with Crippen molar-refractivity contribution in [1.29, 1.82) is 0 Å². The highest BCUT2D eigenvalue weighted by Crippen LogP contribution is 2.23. The summed E-state index contributed by atoms with van der Waals surface area (Å²) in [6, 6.07) is -0.341. The first-order valence-electron chi connectivity index (χ1n) is 6.83. The van der Waals surface area contributed by atoms with Gasteiger partial charge < -0.3 is 5.11 Å². The van der Waals surface area contributed by atoms with Crippen LogP contribution in [0.5, 0.6) is 0 Å². The van der Waals surface area contributed by atoms with Gasteiger partial charge >= 0.3 is 5.97 Å². The fourth-order valence-corrected chi connectivity index (χ4v) is 4.64. The van der Waals surface area contributed by atoms with Crippen LogP contribution >= 0.6 is 11.3 Å². The highest BCUT2D eigenvalue weighted by atomic mass is 32.2. The van der Waals surface area contributed by atoms with Crippen molar-refractivity contribution < 1.29 is 18.3 Å². The Balaban J connectivity index is 2.00. The number of carboxylic acid groups (broad SMARTS) is 1. The number of thiazole rings is 1. The second-order valence-electron chi connectivity index (χ2n) is 4.97. The van der Waals surface area contributed by atoms with Crippen LogP contribution in [0.25, 0.3) is 0 Å². The SMILES string of the molecule is CCC(NS(=O)(=O)N1CCC(C(=O)O)CC1)c1nccs1. The molecule has 9 heteroatoms. The Hall–Kier alpha value is -1.03. The van der Waals surface area contributed by atoms with E-state index in [1.165, 1.54) is 15.6 Å². The number of carbonyl (C=O) groups is 1. The Kier molecular flexibility index (Phi) is 5.31. The first-order valence-corrected chi connectivity index (χ1v) is 9.15. The molecule has 2 heterocycles. The van der Waals surface area contributed by atoms with Crippen LogP contribution in [0.1, 0.15) is 37.2 Å². The Morgan fingerprint density at radius 2 is 2.24 bits per heavy atom. The summed E-state index contributed by atoms with van der Waals surface area (Å²) in [4.78, 5) is 15.0. The van der Waals surface area contributed by atoms with Crippen molar-refractivity contribution in [3.63, 3.8) is 0 Å². The lowest BCUT2D eigenvalue weighted by Gasteiger charge is -2.30. The van der Waals surface area contributed by atoms with Crippen LogP contribution in [0.4, 0.5) is 0 Å². The van der Waals surface area contributed by atoms with E-state index in [1.807, 2.05) is 12.3 Å². The fraction of sp³-hybridized carbons (Fsp3) is 0.667. The zero-order valence-electron chi connectivity index (χ0n) is 11.7. The normalized spacial score (nSPS) is 19.5. The van der Waals surface area contributed by atoms with Crippen molar-refractivity contribution in [2.24, 2.45) is 5.92 Å². The number of aromatic nitrogens is 1. The fourth-order valence-electron chi connectivity index (χ4n) is 2.31. The highest BCUT2D eigenvalue weighted by Gasteiger charge is 2.32. The smallest absolute Gasteiger partial charge is 0.306 e. The van der Waals surface area contributed by atoms with Crippen LogP contribution in [0.3, 0.4) is 0 Å². The maximum absolute atomic E-state index is 12.4. The molecule has 21 heavy (non-hydrogen) atoms. The lowest BCUT2D eigenvalue weighted by atomic mass is 9.99. The van der Waals surface area contributed by atoms with E-state index in [1.54, 1.807) is 6.20 Å². The van der Waals surface area contributed by atoms with Crippen LogP contribution in [0, 0.1) is 5.92 Å². The number of nitrogens with zero attached hydrogens (tertiary/aromatic N) is 2. The summed E-state index contributed by atoms with van der Waals surface area (Å²) in [5.41, 5.74) is 0. The van der Waals surface area contributed by atoms with Gasteiger partial charge in [-0.15, -0.1) is 11.3 Å². The molecule has 1 aliphatic rings. The summed E-state index contributed by atoms with van der Waals surface area (Å²) < 4.78 is 28.7. The molecule has 0 bridgehead atoms. The minimum atomic E-state index is -3.61. The monoisotopic (exact) mass is 333 g/mol. The molecule has 2 N–H and O–H groups in total. The van der Waals surface area contributed by atoms with E-state index in [0.717, 1.165) is 5.01 Å². The summed E-state index contributed by atoms with van der Waals surface area (Å²) in [7, 11) is -3.61. The number of rotatable bonds is 6. The highest BCUT2D eigenvalue weighted by molar-refractivity contribution is 7.87. The molecule has 0 radical (unpaired) electrons. The third-order valence-corrected chi connectivity index (χ3v) is 6.11. The summed E-state index contributed by atoms with van der Waals surface area (Å²) >= 11 is 1.41.